The molecule has 0 aromatic heterocycles. The van der Waals surface area contributed by atoms with Crippen molar-refractivity contribution in [2.45, 2.75) is 34.9 Å². The highest BCUT2D eigenvalue weighted by molar-refractivity contribution is 6.53. The lowest BCUT2D eigenvalue weighted by atomic mass is 9.56. The standard InChI is InChI=1S/C30H28Cl2N2O7/c1-33-27(39)29(31)14-21-18(24(30(29,32)28(33)40)20-13-17(41-2)7-10-22(20)36)8-9-19-23(21)26(38)34(25(19)37)12-11-15-3-5-16(35)6-4-15/h3-8,10,13,19,21,23-24,35-36H,9,11-12,14H2,1-2H3/t19-,21+,23-,24+,29+,30-/m0/s1. The van der Waals surface area contributed by atoms with Gasteiger partial charge in [-0.05, 0) is 61.1 Å². The molecule has 4 amide bonds. The number of phenolic OH excluding ortho intramolecular Hbond substituents is 2. The van der Waals surface area contributed by atoms with Crippen LogP contribution in [0.4, 0.5) is 0 Å². The van der Waals surface area contributed by atoms with Gasteiger partial charge >= 0.3 is 0 Å². The van der Waals surface area contributed by atoms with E-state index in [1.54, 1.807) is 36.4 Å². The summed E-state index contributed by atoms with van der Waals surface area (Å²) >= 11 is 14.3. The van der Waals surface area contributed by atoms with E-state index in [2.05, 4.69) is 0 Å². The molecule has 11 heteroatoms. The summed E-state index contributed by atoms with van der Waals surface area (Å²) in [6.45, 7) is 0.156. The zero-order chi connectivity index (χ0) is 29.4. The Bertz CT molecular complexity index is 1530. The molecule has 0 spiro atoms. The van der Waals surface area contributed by atoms with Gasteiger partial charge in [0.15, 0.2) is 9.75 Å². The number of carbonyl (C=O) groups excluding carboxylic acids is 4. The normalized spacial score (nSPS) is 32.5. The van der Waals surface area contributed by atoms with Crippen molar-refractivity contribution in [3.05, 3.63) is 65.2 Å². The van der Waals surface area contributed by atoms with Crippen LogP contribution in [-0.4, -0.2) is 74.1 Å². The number of carbonyl (C=O) groups is 4. The monoisotopic (exact) mass is 598 g/mol. The number of likely N-dealkylation sites (tertiary alicyclic amines) is 2. The smallest absolute Gasteiger partial charge is 0.253 e. The van der Waals surface area contributed by atoms with Crippen molar-refractivity contribution >= 4 is 46.8 Å². The Morgan fingerprint density at radius 3 is 2.37 bits per heavy atom. The number of benzene rings is 2. The summed E-state index contributed by atoms with van der Waals surface area (Å²) in [5.74, 6) is -4.89. The topological polar surface area (TPSA) is 124 Å². The molecule has 41 heavy (non-hydrogen) atoms. The lowest BCUT2D eigenvalue weighted by molar-refractivity contribution is -0.141. The molecule has 9 nitrogen and oxygen atoms in total. The molecule has 2 heterocycles. The Hall–Kier alpha value is -3.56. The molecule has 2 aromatic carbocycles. The second kappa shape index (κ2) is 9.49. The van der Waals surface area contributed by atoms with E-state index in [-0.39, 0.29) is 48.3 Å². The fourth-order valence-corrected chi connectivity index (χ4v) is 8.18. The summed E-state index contributed by atoms with van der Waals surface area (Å²) in [6.07, 6.45) is 2.34. The number of hydrogen-bond donors (Lipinski definition) is 2. The quantitative estimate of drug-likeness (QED) is 0.307. The second-order valence-electron chi connectivity index (χ2n) is 11.2. The Morgan fingerprint density at radius 1 is 0.976 bits per heavy atom. The number of methoxy groups -OCH3 is 1. The highest BCUT2D eigenvalue weighted by atomic mass is 35.5. The van der Waals surface area contributed by atoms with Gasteiger partial charge in [-0.25, -0.2) is 0 Å². The van der Waals surface area contributed by atoms with Crippen molar-refractivity contribution in [1.82, 2.24) is 9.80 Å². The van der Waals surface area contributed by atoms with Crippen LogP contribution >= 0.6 is 23.2 Å². The first-order valence-corrected chi connectivity index (χ1v) is 14.1. The van der Waals surface area contributed by atoms with Gasteiger partial charge in [0.25, 0.3) is 11.8 Å². The zero-order valence-electron chi connectivity index (χ0n) is 22.3. The van der Waals surface area contributed by atoms with E-state index in [0.717, 1.165) is 10.5 Å². The van der Waals surface area contributed by atoms with Crippen molar-refractivity contribution in [2.75, 3.05) is 20.7 Å². The third kappa shape index (κ3) is 3.74. The summed E-state index contributed by atoms with van der Waals surface area (Å²) in [4.78, 5) is 52.9. The SMILES string of the molecule is COc1ccc(O)c([C@H]2C3=CC[C@@H]4C(=O)N(CCc5ccc(O)cc5)C(=O)[C@@H]4[C@@H]3C[C@@]3(Cl)C(=O)N(C)C(=O)[C@@]23Cl)c1. The van der Waals surface area contributed by atoms with E-state index in [9.17, 15) is 29.4 Å². The maximum Gasteiger partial charge on any atom is 0.253 e. The minimum absolute atomic E-state index is 0.119. The number of nitrogens with zero attached hydrogens (tertiary/aromatic N) is 2. The first-order valence-electron chi connectivity index (χ1n) is 13.3. The zero-order valence-corrected chi connectivity index (χ0v) is 23.9. The van der Waals surface area contributed by atoms with Gasteiger partial charge in [0, 0.05) is 25.1 Å². The molecule has 6 atom stereocenters. The van der Waals surface area contributed by atoms with E-state index >= 15 is 0 Å². The maximum atomic E-state index is 13.9. The minimum Gasteiger partial charge on any atom is -0.508 e. The molecule has 2 aliphatic heterocycles. The summed E-state index contributed by atoms with van der Waals surface area (Å²) in [7, 11) is 2.77. The first-order chi connectivity index (χ1) is 19.4. The van der Waals surface area contributed by atoms with E-state index < -0.39 is 45.2 Å². The van der Waals surface area contributed by atoms with Crippen LogP contribution in [0, 0.1) is 17.8 Å². The average Bonchev–Trinajstić information content (AvgIpc) is 3.28. The van der Waals surface area contributed by atoms with Crippen LogP contribution in [0.15, 0.2) is 54.1 Å². The lowest BCUT2D eigenvalue weighted by Crippen LogP contribution is -2.60. The highest BCUT2D eigenvalue weighted by Gasteiger charge is 2.76. The highest BCUT2D eigenvalue weighted by Crippen LogP contribution is 2.66. The summed E-state index contributed by atoms with van der Waals surface area (Å²) in [5, 5.41) is 20.6. The molecule has 0 unspecified atom stereocenters. The van der Waals surface area contributed by atoms with Gasteiger partial charge < -0.3 is 14.9 Å². The van der Waals surface area contributed by atoms with Gasteiger partial charge in [0.2, 0.25) is 11.8 Å². The first kappa shape index (κ1) is 27.6. The Kier molecular flexibility index (Phi) is 6.39. The number of ether oxygens (including phenoxy) is 1. The molecule has 0 radical (unpaired) electrons. The predicted molar refractivity (Wildman–Crippen MR) is 149 cm³/mol. The molecular weight excluding hydrogens is 571 g/mol. The van der Waals surface area contributed by atoms with Crippen molar-refractivity contribution in [3.8, 4) is 17.2 Å². The van der Waals surface area contributed by atoms with Gasteiger partial charge in [-0.15, -0.1) is 23.2 Å². The molecule has 1 saturated carbocycles. The van der Waals surface area contributed by atoms with E-state index in [1.807, 2.05) is 6.08 Å². The molecule has 0 bridgehead atoms. The molecular formula is C30H28Cl2N2O7. The number of rotatable bonds is 5. The van der Waals surface area contributed by atoms with E-state index in [4.69, 9.17) is 27.9 Å². The van der Waals surface area contributed by atoms with Crippen molar-refractivity contribution in [1.29, 1.82) is 0 Å². The van der Waals surface area contributed by atoms with Gasteiger partial charge in [-0.3, -0.25) is 29.0 Å². The molecule has 4 aliphatic rings. The van der Waals surface area contributed by atoms with Crippen LogP contribution in [0.3, 0.4) is 0 Å². The number of phenols is 2. The maximum absolute atomic E-state index is 13.9. The van der Waals surface area contributed by atoms with Gasteiger partial charge in [0.1, 0.15) is 17.2 Å². The minimum atomic E-state index is -1.98. The molecule has 6 rings (SSSR count). The fourth-order valence-electron chi connectivity index (χ4n) is 7.17. The van der Waals surface area contributed by atoms with Gasteiger partial charge in [-0.1, -0.05) is 23.8 Å². The largest absolute Gasteiger partial charge is 0.508 e. The van der Waals surface area contributed by atoms with Crippen LogP contribution in [0.25, 0.3) is 0 Å². The Labute approximate surface area is 246 Å². The van der Waals surface area contributed by atoms with Gasteiger partial charge in [0.05, 0.1) is 18.9 Å². The fraction of sp³-hybridized carbons (Fsp3) is 0.400. The Morgan fingerprint density at radius 2 is 1.68 bits per heavy atom. The molecule has 2 aromatic rings. The lowest BCUT2D eigenvalue weighted by Gasteiger charge is -2.50. The number of imide groups is 2. The van der Waals surface area contributed by atoms with Crippen LogP contribution in [0.1, 0.15) is 29.9 Å². The number of allylic oxidation sites excluding steroid dienone is 2. The van der Waals surface area contributed by atoms with Crippen LogP contribution < -0.4 is 4.74 Å². The molecule has 2 saturated heterocycles. The summed E-state index contributed by atoms with van der Waals surface area (Å²) in [6, 6.07) is 11.1. The van der Waals surface area contributed by atoms with E-state index in [0.29, 0.717) is 17.7 Å². The number of fused-ring (bicyclic) bond motifs is 4. The third-order valence-corrected chi connectivity index (χ3v) is 10.6. The number of alkyl halides is 2. The van der Waals surface area contributed by atoms with Crippen LogP contribution in [0.5, 0.6) is 17.2 Å². The number of amides is 4. The summed E-state index contributed by atoms with van der Waals surface area (Å²) in [5.41, 5.74) is 1.70. The van der Waals surface area contributed by atoms with E-state index in [1.165, 1.54) is 25.1 Å². The number of hydrogen-bond acceptors (Lipinski definition) is 7. The molecule has 2 aliphatic carbocycles. The van der Waals surface area contributed by atoms with Gasteiger partial charge in [-0.2, -0.15) is 0 Å². The Balaban J connectivity index is 1.43. The number of halogens is 2. The second-order valence-corrected chi connectivity index (χ2v) is 12.4. The third-order valence-electron chi connectivity index (χ3n) is 9.21. The molecule has 2 N–H and O–H groups in total. The molecule has 214 valence electrons. The predicted octanol–water partition coefficient (Wildman–Crippen LogP) is 3.34. The average molecular weight is 599 g/mol. The van der Waals surface area contributed by atoms with Crippen LogP contribution in [-0.2, 0) is 25.6 Å². The summed E-state index contributed by atoms with van der Waals surface area (Å²) < 4.78 is 5.37. The van der Waals surface area contributed by atoms with Crippen molar-refractivity contribution < 1.29 is 34.1 Å². The number of aromatic hydroxyl groups is 2. The molecule has 3 fully saturated rings. The van der Waals surface area contributed by atoms with Crippen molar-refractivity contribution in [2.24, 2.45) is 17.8 Å². The van der Waals surface area contributed by atoms with Crippen molar-refractivity contribution in [3.63, 3.8) is 0 Å². The van der Waals surface area contributed by atoms with Crippen LogP contribution in [0.2, 0.25) is 0 Å².